The zero-order valence-corrected chi connectivity index (χ0v) is 15.7. The molecule has 0 bridgehead atoms. The van der Waals surface area contributed by atoms with E-state index < -0.39 is 0 Å². The summed E-state index contributed by atoms with van der Waals surface area (Å²) in [5.74, 6) is 0.752. The third kappa shape index (κ3) is 3.88. The standard InChI is InChI=1S/C19H27N5O2/c1-4-17-18(19(25)23-11-9-14(20)10-12-23)21-22-24(17)15-5-7-16(8-6-15)26-13(2)3/h5-8,13-14H,4,9-12,20H2,1-3H3. The first-order valence-electron chi connectivity index (χ1n) is 9.26. The number of rotatable bonds is 5. The second kappa shape index (κ2) is 7.86. The number of piperidine rings is 1. The third-order valence-electron chi connectivity index (χ3n) is 4.58. The lowest BCUT2D eigenvalue weighted by atomic mass is 10.1. The summed E-state index contributed by atoms with van der Waals surface area (Å²) < 4.78 is 7.41. The monoisotopic (exact) mass is 357 g/mol. The molecule has 0 saturated carbocycles. The fraction of sp³-hybridized carbons (Fsp3) is 0.526. The van der Waals surface area contributed by atoms with Crippen LogP contribution in [0, 0.1) is 0 Å². The highest BCUT2D eigenvalue weighted by atomic mass is 16.5. The van der Waals surface area contributed by atoms with Gasteiger partial charge in [0.15, 0.2) is 5.69 Å². The molecule has 0 aliphatic carbocycles. The molecular weight excluding hydrogens is 330 g/mol. The van der Waals surface area contributed by atoms with Gasteiger partial charge in [0, 0.05) is 19.1 Å². The summed E-state index contributed by atoms with van der Waals surface area (Å²) in [6.07, 6.45) is 2.46. The summed E-state index contributed by atoms with van der Waals surface area (Å²) in [5, 5.41) is 8.42. The smallest absolute Gasteiger partial charge is 0.276 e. The Balaban J connectivity index is 1.83. The van der Waals surface area contributed by atoms with Gasteiger partial charge in [-0.05, 0) is 57.4 Å². The van der Waals surface area contributed by atoms with Gasteiger partial charge >= 0.3 is 0 Å². The second-order valence-corrected chi connectivity index (χ2v) is 6.94. The summed E-state index contributed by atoms with van der Waals surface area (Å²) in [6.45, 7) is 7.35. The predicted octanol–water partition coefficient (Wildman–Crippen LogP) is 2.18. The van der Waals surface area contributed by atoms with Crippen molar-refractivity contribution in [1.29, 1.82) is 0 Å². The molecule has 2 heterocycles. The molecule has 26 heavy (non-hydrogen) atoms. The van der Waals surface area contributed by atoms with Crippen LogP contribution in [0.2, 0.25) is 0 Å². The molecule has 1 saturated heterocycles. The van der Waals surface area contributed by atoms with E-state index in [1.807, 2.05) is 49.9 Å². The highest BCUT2D eigenvalue weighted by Gasteiger charge is 2.27. The number of aromatic nitrogens is 3. The number of likely N-dealkylation sites (tertiary alicyclic amines) is 1. The van der Waals surface area contributed by atoms with Crippen molar-refractivity contribution in [2.75, 3.05) is 13.1 Å². The van der Waals surface area contributed by atoms with Gasteiger partial charge in [0.1, 0.15) is 5.75 Å². The number of nitrogens with two attached hydrogens (primary N) is 1. The fourth-order valence-corrected chi connectivity index (χ4v) is 3.18. The largest absolute Gasteiger partial charge is 0.491 e. The average Bonchev–Trinajstić information content (AvgIpc) is 3.06. The summed E-state index contributed by atoms with van der Waals surface area (Å²) in [4.78, 5) is 14.7. The van der Waals surface area contributed by atoms with E-state index in [9.17, 15) is 4.79 Å². The number of carbonyl (C=O) groups excluding carboxylic acids is 1. The van der Waals surface area contributed by atoms with Crippen LogP contribution in [0.4, 0.5) is 0 Å². The van der Waals surface area contributed by atoms with E-state index in [1.54, 1.807) is 4.68 Å². The molecule has 2 N–H and O–H groups in total. The first kappa shape index (κ1) is 18.4. The molecule has 1 aliphatic heterocycles. The van der Waals surface area contributed by atoms with Crippen LogP contribution in [-0.2, 0) is 6.42 Å². The van der Waals surface area contributed by atoms with Gasteiger partial charge in [-0.1, -0.05) is 12.1 Å². The molecular formula is C19H27N5O2. The van der Waals surface area contributed by atoms with E-state index in [1.165, 1.54) is 0 Å². The topological polar surface area (TPSA) is 86.3 Å². The maximum atomic E-state index is 12.9. The predicted molar refractivity (Wildman–Crippen MR) is 99.6 cm³/mol. The van der Waals surface area contributed by atoms with Crippen LogP contribution < -0.4 is 10.5 Å². The van der Waals surface area contributed by atoms with Crippen molar-refractivity contribution >= 4 is 5.91 Å². The molecule has 1 aromatic carbocycles. The van der Waals surface area contributed by atoms with Gasteiger partial charge in [-0.25, -0.2) is 4.68 Å². The molecule has 0 atom stereocenters. The zero-order valence-electron chi connectivity index (χ0n) is 15.7. The van der Waals surface area contributed by atoms with E-state index >= 15 is 0 Å². The molecule has 7 nitrogen and oxygen atoms in total. The maximum absolute atomic E-state index is 12.9. The Hall–Kier alpha value is -2.41. The lowest BCUT2D eigenvalue weighted by molar-refractivity contribution is 0.0707. The maximum Gasteiger partial charge on any atom is 0.276 e. The van der Waals surface area contributed by atoms with Crippen LogP contribution in [-0.4, -0.2) is 51.0 Å². The molecule has 7 heteroatoms. The van der Waals surface area contributed by atoms with Crippen LogP contribution in [0.25, 0.3) is 5.69 Å². The van der Waals surface area contributed by atoms with Crippen LogP contribution in [0.15, 0.2) is 24.3 Å². The number of ether oxygens (including phenoxy) is 1. The van der Waals surface area contributed by atoms with Crippen molar-refractivity contribution in [3.63, 3.8) is 0 Å². The average molecular weight is 357 g/mol. The van der Waals surface area contributed by atoms with E-state index in [-0.39, 0.29) is 18.1 Å². The van der Waals surface area contributed by atoms with E-state index in [0.717, 1.165) is 30.0 Å². The zero-order chi connectivity index (χ0) is 18.7. The molecule has 0 unspecified atom stereocenters. The molecule has 1 fully saturated rings. The van der Waals surface area contributed by atoms with Crippen LogP contribution in [0.3, 0.4) is 0 Å². The molecule has 140 valence electrons. The van der Waals surface area contributed by atoms with Crippen molar-refractivity contribution < 1.29 is 9.53 Å². The van der Waals surface area contributed by atoms with Crippen molar-refractivity contribution in [2.45, 2.75) is 52.2 Å². The first-order chi connectivity index (χ1) is 12.5. The van der Waals surface area contributed by atoms with Gasteiger partial charge in [-0.2, -0.15) is 0 Å². The Labute approximate surface area is 154 Å². The number of hydrogen-bond acceptors (Lipinski definition) is 5. The molecule has 1 aromatic heterocycles. The van der Waals surface area contributed by atoms with Gasteiger partial charge in [0.05, 0.1) is 17.5 Å². The van der Waals surface area contributed by atoms with Gasteiger partial charge in [0.2, 0.25) is 0 Å². The van der Waals surface area contributed by atoms with Gasteiger partial charge < -0.3 is 15.4 Å². The second-order valence-electron chi connectivity index (χ2n) is 6.94. The summed E-state index contributed by atoms with van der Waals surface area (Å²) in [7, 11) is 0. The highest BCUT2D eigenvalue weighted by Crippen LogP contribution is 2.20. The van der Waals surface area contributed by atoms with Crippen molar-refractivity contribution in [3.05, 3.63) is 35.7 Å². The lowest BCUT2D eigenvalue weighted by Gasteiger charge is -2.29. The Morgan fingerprint density at radius 1 is 1.27 bits per heavy atom. The molecule has 3 rings (SSSR count). The molecule has 0 spiro atoms. The molecule has 2 aromatic rings. The number of hydrogen-bond donors (Lipinski definition) is 1. The van der Waals surface area contributed by atoms with Gasteiger partial charge in [0.25, 0.3) is 5.91 Å². The quantitative estimate of drug-likeness (QED) is 0.886. The van der Waals surface area contributed by atoms with Crippen LogP contribution in [0.1, 0.15) is 49.8 Å². The molecule has 1 aliphatic rings. The Morgan fingerprint density at radius 2 is 1.92 bits per heavy atom. The summed E-state index contributed by atoms with van der Waals surface area (Å²) in [5.41, 5.74) is 8.06. The SMILES string of the molecule is CCc1c(C(=O)N2CCC(N)CC2)nnn1-c1ccc(OC(C)C)cc1. The van der Waals surface area contributed by atoms with Crippen molar-refractivity contribution in [1.82, 2.24) is 19.9 Å². The molecule has 1 amide bonds. The minimum absolute atomic E-state index is 0.0558. The van der Waals surface area contributed by atoms with E-state index in [0.29, 0.717) is 25.2 Å². The first-order valence-corrected chi connectivity index (χ1v) is 9.26. The Bertz CT molecular complexity index is 746. The summed E-state index contributed by atoms with van der Waals surface area (Å²) in [6, 6.07) is 7.86. The van der Waals surface area contributed by atoms with E-state index in [4.69, 9.17) is 10.5 Å². The van der Waals surface area contributed by atoms with Crippen LogP contribution >= 0.6 is 0 Å². The number of carbonyl (C=O) groups is 1. The van der Waals surface area contributed by atoms with Gasteiger partial charge in [-0.15, -0.1) is 5.10 Å². The Kier molecular flexibility index (Phi) is 5.56. The third-order valence-corrected chi connectivity index (χ3v) is 4.58. The van der Waals surface area contributed by atoms with Crippen molar-refractivity contribution in [3.8, 4) is 11.4 Å². The number of nitrogens with zero attached hydrogens (tertiary/aromatic N) is 4. The number of amides is 1. The van der Waals surface area contributed by atoms with E-state index in [2.05, 4.69) is 10.3 Å². The van der Waals surface area contributed by atoms with Crippen molar-refractivity contribution in [2.24, 2.45) is 5.73 Å². The highest BCUT2D eigenvalue weighted by molar-refractivity contribution is 5.93. The lowest BCUT2D eigenvalue weighted by Crippen LogP contribution is -2.43. The fourth-order valence-electron chi connectivity index (χ4n) is 3.18. The molecule has 0 radical (unpaired) electrons. The van der Waals surface area contributed by atoms with Crippen LogP contribution in [0.5, 0.6) is 5.75 Å². The minimum Gasteiger partial charge on any atom is -0.491 e. The Morgan fingerprint density at radius 3 is 2.50 bits per heavy atom. The minimum atomic E-state index is -0.0558. The normalized spacial score (nSPS) is 15.5. The number of benzene rings is 1. The summed E-state index contributed by atoms with van der Waals surface area (Å²) >= 11 is 0. The van der Waals surface area contributed by atoms with Gasteiger partial charge in [-0.3, -0.25) is 4.79 Å².